The van der Waals surface area contributed by atoms with Crippen LogP contribution in [0.15, 0.2) is 48.5 Å². The van der Waals surface area contributed by atoms with Crippen LogP contribution in [-0.4, -0.2) is 9.97 Å². The van der Waals surface area contributed by atoms with Gasteiger partial charge < -0.3 is 10.6 Å². The number of nitrogens with one attached hydrogen (secondary N) is 2. The number of rotatable bonds is 4. The first-order valence-corrected chi connectivity index (χ1v) is 7.79. The lowest BCUT2D eigenvalue weighted by Gasteiger charge is -2.12. The van der Waals surface area contributed by atoms with Gasteiger partial charge in [0.1, 0.15) is 23.3 Å². The Morgan fingerprint density at radius 1 is 0.917 bits per heavy atom. The van der Waals surface area contributed by atoms with E-state index in [-0.39, 0.29) is 5.82 Å². The maximum Gasteiger partial charge on any atom is 0.136 e. The lowest BCUT2D eigenvalue weighted by atomic mass is 10.2. The molecule has 0 aliphatic carbocycles. The molecule has 0 amide bonds. The Balaban J connectivity index is 1.86. The van der Waals surface area contributed by atoms with Gasteiger partial charge in [-0.05, 0) is 55.8 Å². The second-order valence-electron chi connectivity index (χ2n) is 5.41. The van der Waals surface area contributed by atoms with E-state index >= 15 is 0 Å². The lowest BCUT2D eigenvalue weighted by Crippen LogP contribution is -2.02. The van der Waals surface area contributed by atoms with E-state index in [1.165, 1.54) is 12.1 Å². The topological polar surface area (TPSA) is 49.8 Å². The van der Waals surface area contributed by atoms with E-state index in [4.69, 9.17) is 11.6 Å². The predicted octanol–water partition coefficient (Wildman–Crippen LogP) is 5.37. The van der Waals surface area contributed by atoms with Crippen molar-refractivity contribution >= 4 is 34.6 Å². The largest absolute Gasteiger partial charge is 0.340 e. The van der Waals surface area contributed by atoms with Crippen molar-refractivity contribution in [1.29, 1.82) is 0 Å². The highest BCUT2D eigenvalue weighted by Crippen LogP contribution is 2.24. The average Bonchev–Trinajstić information content (AvgIpc) is 2.49. The van der Waals surface area contributed by atoms with Crippen LogP contribution >= 0.6 is 11.6 Å². The zero-order valence-electron chi connectivity index (χ0n) is 13.3. The van der Waals surface area contributed by atoms with Gasteiger partial charge >= 0.3 is 0 Å². The maximum absolute atomic E-state index is 13.3. The molecular formula is C18H16ClFN4. The van der Waals surface area contributed by atoms with Gasteiger partial charge in [-0.3, -0.25) is 0 Å². The summed E-state index contributed by atoms with van der Waals surface area (Å²) in [7, 11) is 0. The van der Waals surface area contributed by atoms with Crippen LogP contribution in [0.25, 0.3) is 0 Å². The van der Waals surface area contributed by atoms with E-state index in [2.05, 4.69) is 20.6 Å². The first-order valence-electron chi connectivity index (χ1n) is 7.41. The second-order valence-corrected chi connectivity index (χ2v) is 5.84. The van der Waals surface area contributed by atoms with Crippen molar-refractivity contribution < 1.29 is 4.39 Å². The van der Waals surface area contributed by atoms with Crippen molar-refractivity contribution in [3.05, 3.63) is 70.8 Å². The van der Waals surface area contributed by atoms with Crippen LogP contribution in [0.5, 0.6) is 0 Å². The quantitative estimate of drug-likeness (QED) is 0.669. The summed E-state index contributed by atoms with van der Waals surface area (Å²) in [6.45, 7) is 3.77. The van der Waals surface area contributed by atoms with Crippen LogP contribution in [0.3, 0.4) is 0 Å². The summed E-state index contributed by atoms with van der Waals surface area (Å²) in [5.74, 6) is 1.53. The van der Waals surface area contributed by atoms with E-state index in [1.54, 1.807) is 25.1 Å². The molecule has 0 radical (unpaired) electrons. The molecule has 0 aliphatic heterocycles. The molecule has 1 aromatic heterocycles. The number of nitrogens with zero attached hydrogens (tertiary/aromatic N) is 2. The Morgan fingerprint density at radius 3 is 2.38 bits per heavy atom. The summed E-state index contributed by atoms with van der Waals surface area (Å²) in [5, 5.41) is 7.02. The molecule has 0 spiro atoms. The molecule has 0 atom stereocenters. The van der Waals surface area contributed by atoms with Gasteiger partial charge in [-0.1, -0.05) is 17.7 Å². The Hall–Kier alpha value is -2.66. The number of aromatic nitrogens is 2. The van der Waals surface area contributed by atoms with Gasteiger partial charge in [-0.2, -0.15) is 0 Å². The monoisotopic (exact) mass is 342 g/mol. The summed E-state index contributed by atoms with van der Waals surface area (Å²) in [4.78, 5) is 8.71. The van der Waals surface area contributed by atoms with Crippen molar-refractivity contribution in [3.8, 4) is 0 Å². The van der Waals surface area contributed by atoms with Gasteiger partial charge in [-0.25, -0.2) is 14.4 Å². The molecule has 0 aliphatic rings. The number of anilines is 4. The zero-order valence-corrected chi connectivity index (χ0v) is 14.0. The summed E-state index contributed by atoms with van der Waals surface area (Å²) in [6.07, 6.45) is 0. The fourth-order valence-electron chi connectivity index (χ4n) is 2.32. The van der Waals surface area contributed by atoms with Gasteiger partial charge in [-0.15, -0.1) is 0 Å². The molecule has 3 rings (SSSR count). The van der Waals surface area contributed by atoms with Crippen molar-refractivity contribution in [3.63, 3.8) is 0 Å². The van der Waals surface area contributed by atoms with Crippen LogP contribution < -0.4 is 10.6 Å². The van der Waals surface area contributed by atoms with Gasteiger partial charge in [0.15, 0.2) is 0 Å². The van der Waals surface area contributed by atoms with Crippen molar-refractivity contribution in [2.75, 3.05) is 10.6 Å². The van der Waals surface area contributed by atoms with Crippen molar-refractivity contribution in [1.82, 2.24) is 9.97 Å². The van der Waals surface area contributed by atoms with Crippen LogP contribution in [0.4, 0.5) is 27.4 Å². The molecule has 122 valence electrons. The maximum atomic E-state index is 13.3. The Kier molecular flexibility index (Phi) is 4.62. The van der Waals surface area contributed by atoms with Crippen LogP contribution in [0.1, 0.15) is 11.4 Å². The number of benzene rings is 2. The van der Waals surface area contributed by atoms with Gasteiger partial charge in [0.25, 0.3) is 0 Å². The SMILES string of the molecule is Cc1nc(Nc2cccc(F)c2)cc(Nc2ccc(Cl)cc2C)n1. The van der Waals surface area contributed by atoms with E-state index < -0.39 is 0 Å². The fourth-order valence-corrected chi connectivity index (χ4v) is 2.54. The highest BCUT2D eigenvalue weighted by Gasteiger charge is 2.06. The number of aryl methyl sites for hydroxylation is 2. The molecule has 0 saturated carbocycles. The number of halogens is 2. The minimum atomic E-state index is -0.305. The van der Waals surface area contributed by atoms with E-state index in [9.17, 15) is 4.39 Å². The van der Waals surface area contributed by atoms with Crippen LogP contribution in [0.2, 0.25) is 5.02 Å². The lowest BCUT2D eigenvalue weighted by molar-refractivity contribution is 0.628. The Morgan fingerprint density at radius 2 is 1.67 bits per heavy atom. The molecule has 0 saturated heterocycles. The Labute approximate surface area is 144 Å². The van der Waals surface area contributed by atoms with Crippen LogP contribution in [-0.2, 0) is 0 Å². The minimum Gasteiger partial charge on any atom is -0.340 e. The first-order chi connectivity index (χ1) is 11.5. The summed E-state index contributed by atoms with van der Waals surface area (Å²) in [6, 6.07) is 13.6. The molecule has 3 aromatic rings. The summed E-state index contributed by atoms with van der Waals surface area (Å²) < 4.78 is 13.3. The van der Waals surface area contributed by atoms with Gasteiger partial charge in [0.2, 0.25) is 0 Å². The van der Waals surface area contributed by atoms with Gasteiger partial charge in [0.05, 0.1) is 0 Å². The molecular weight excluding hydrogens is 327 g/mol. The molecule has 1 heterocycles. The molecule has 24 heavy (non-hydrogen) atoms. The van der Waals surface area contributed by atoms with Crippen molar-refractivity contribution in [2.45, 2.75) is 13.8 Å². The molecule has 0 bridgehead atoms. The molecule has 4 nitrogen and oxygen atoms in total. The predicted molar refractivity (Wildman–Crippen MR) is 95.9 cm³/mol. The smallest absolute Gasteiger partial charge is 0.136 e. The van der Waals surface area contributed by atoms with E-state index in [0.29, 0.717) is 28.2 Å². The van der Waals surface area contributed by atoms with E-state index in [1.807, 2.05) is 25.1 Å². The van der Waals surface area contributed by atoms with Gasteiger partial charge in [0, 0.05) is 22.5 Å². The third-order valence-electron chi connectivity index (χ3n) is 3.39. The summed E-state index contributed by atoms with van der Waals surface area (Å²) >= 11 is 5.98. The summed E-state index contributed by atoms with van der Waals surface area (Å²) in [5.41, 5.74) is 2.55. The molecule has 0 unspecified atom stereocenters. The molecule has 6 heteroatoms. The zero-order chi connectivity index (χ0) is 17.1. The normalized spacial score (nSPS) is 10.5. The average molecular weight is 343 g/mol. The highest BCUT2D eigenvalue weighted by molar-refractivity contribution is 6.30. The first kappa shape index (κ1) is 16.2. The van der Waals surface area contributed by atoms with Crippen molar-refractivity contribution in [2.24, 2.45) is 0 Å². The van der Waals surface area contributed by atoms with E-state index in [0.717, 1.165) is 11.3 Å². The molecule has 2 N–H and O–H groups in total. The fraction of sp³-hybridized carbons (Fsp3) is 0.111. The standard InChI is InChI=1S/C18H16ClFN4/c1-11-8-13(19)6-7-16(11)24-18-10-17(21-12(2)22-18)23-15-5-3-4-14(20)9-15/h3-10H,1-2H3,(H2,21,22,23,24). The number of hydrogen-bond donors (Lipinski definition) is 2. The number of hydrogen-bond acceptors (Lipinski definition) is 4. The Bertz CT molecular complexity index is 883. The second kappa shape index (κ2) is 6.84. The molecule has 0 fully saturated rings. The molecule has 2 aromatic carbocycles. The highest BCUT2D eigenvalue weighted by atomic mass is 35.5. The minimum absolute atomic E-state index is 0.305. The third-order valence-corrected chi connectivity index (χ3v) is 3.62. The van der Waals surface area contributed by atoms with Crippen LogP contribution in [0, 0.1) is 19.7 Å². The third kappa shape index (κ3) is 4.00.